The minimum Gasteiger partial charge on any atom is -0.497 e. The van der Waals surface area contributed by atoms with Crippen molar-refractivity contribution in [1.82, 2.24) is 4.57 Å². The summed E-state index contributed by atoms with van der Waals surface area (Å²) in [5.74, 6) is 0.958. The fourth-order valence-electron chi connectivity index (χ4n) is 2.86. The Balaban J connectivity index is 1.71. The minimum atomic E-state index is 0.182. The number of rotatable bonds is 4. The quantitative estimate of drug-likeness (QED) is 0.625. The van der Waals surface area contributed by atoms with Crippen LogP contribution in [0.5, 0.6) is 11.6 Å². The van der Waals surface area contributed by atoms with Crippen LogP contribution in [0.2, 0.25) is 0 Å². The first-order valence-corrected chi connectivity index (χ1v) is 9.29. The van der Waals surface area contributed by atoms with E-state index in [4.69, 9.17) is 17.0 Å². The lowest BCUT2D eigenvalue weighted by atomic mass is 10.1. The molecule has 1 aromatic heterocycles. The zero-order valence-corrected chi connectivity index (χ0v) is 15.7. The van der Waals surface area contributed by atoms with Gasteiger partial charge < -0.3 is 9.84 Å². The van der Waals surface area contributed by atoms with Crippen LogP contribution in [0.4, 0.5) is 5.69 Å². The molecule has 26 heavy (non-hydrogen) atoms. The Kier molecular flexibility index (Phi) is 4.44. The average molecular weight is 380 g/mol. The summed E-state index contributed by atoms with van der Waals surface area (Å²) in [6.07, 6.45) is 3.72. The summed E-state index contributed by atoms with van der Waals surface area (Å²) in [7, 11) is 1.64. The normalized spacial score (nSPS) is 14.0. The van der Waals surface area contributed by atoms with Crippen molar-refractivity contribution in [3.8, 4) is 11.6 Å². The Hall–Kier alpha value is -2.70. The molecule has 1 aliphatic heterocycles. The number of hydrogen-bond donors (Lipinski definition) is 1. The van der Waals surface area contributed by atoms with E-state index in [-0.39, 0.29) is 5.88 Å². The van der Waals surface area contributed by atoms with E-state index >= 15 is 0 Å². The van der Waals surface area contributed by atoms with Gasteiger partial charge in [-0.1, -0.05) is 30.3 Å². The topological polar surface area (TPSA) is 46.8 Å². The van der Waals surface area contributed by atoms with Crippen molar-refractivity contribution in [2.24, 2.45) is 4.99 Å². The molecule has 130 valence electrons. The third-order valence-electron chi connectivity index (χ3n) is 4.22. The summed E-state index contributed by atoms with van der Waals surface area (Å²) < 4.78 is 7.69. The summed E-state index contributed by atoms with van der Waals surface area (Å²) in [6.45, 7) is 0.545. The van der Waals surface area contributed by atoms with Gasteiger partial charge in [0, 0.05) is 17.4 Å². The van der Waals surface area contributed by atoms with E-state index in [2.05, 4.69) is 4.99 Å². The molecule has 0 fully saturated rings. The van der Waals surface area contributed by atoms with Gasteiger partial charge in [-0.05, 0) is 42.1 Å². The predicted molar refractivity (Wildman–Crippen MR) is 109 cm³/mol. The van der Waals surface area contributed by atoms with Crippen LogP contribution in [-0.4, -0.2) is 23.0 Å². The highest BCUT2D eigenvalue weighted by Gasteiger charge is 2.16. The monoisotopic (exact) mass is 380 g/mol. The number of methoxy groups -OCH3 is 1. The van der Waals surface area contributed by atoms with Gasteiger partial charge in [-0.15, -0.1) is 11.3 Å². The first kappa shape index (κ1) is 16.8. The zero-order chi connectivity index (χ0) is 18.1. The first-order chi connectivity index (χ1) is 12.7. The van der Waals surface area contributed by atoms with E-state index in [1.807, 2.05) is 54.6 Å². The second kappa shape index (κ2) is 6.90. The van der Waals surface area contributed by atoms with Crippen LogP contribution in [0.1, 0.15) is 16.0 Å². The fraction of sp³-hybridized carbons (Fsp3) is 0.100. The molecule has 4 nitrogen and oxygen atoms in total. The van der Waals surface area contributed by atoms with Crippen LogP contribution in [0.15, 0.2) is 53.5 Å². The lowest BCUT2D eigenvalue weighted by Gasteiger charge is -2.05. The lowest BCUT2D eigenvalue weighted by Crippen LogP contribution is -1.98. The highest BCUT2D eigenvalue weighted by molar-refractivity contribution is 7.73. The standard InChI is InChI=1S/C20H16N2O2S2/c1-24-15-7-8-17-16(10-15)14(11-21-17)9-18-19(23)22(20(25)26-18)12-13-5-3-2-4-6-13/h2-11,23H,12H2,1H3/b14-9+. The van der Waals surface area contributed by atoms with E-state index in [1.54, 1.807) is 17.9 Å². The molecular formula is C20H16N2O2S2. The van der Waals surface area contributed by atoms with Crippen LogP contribution in [0.3, 0.4) is 0 Å². The molecule has 3 aromatic rings. The highest BCUT2D eigenvalue weighted by Crippen LogP contribution is 2.37. The smallest absolute Gasteiger partial charge is 0.210 e. The number of nitrogens with zero attached hydrogens (tertiary/aromatic N) is 2. The zero-order valence-electron chi connectivity index (χ0n) is 14.0. The molecule has 0 atom stereocenters. The molecule has 0 spiro atoms. The number of aliphatic imine (C=N–C) groups is 1. The SMILES string of the molecule is COc1ccc2c(c1)/C(=C/c1sc(=S)n(Cc3ccccc3)c1O)C=N2. The van der Waals surface area contributed by atoms with E-state index < -0.39 is 0 Å². The highest BCUT2D eigenvalue weighted by atomic mass is 32.1. The van der Waals surface area contributed by atoms with Crippen LogP contribution in [0, 0.1) is 3.95 Å². The summed E-state index contributed by atoms with van der Waals surface area (Å²) >= 11 is 6.85. The molecule has 2 aromatic carbocycles. The predicted octanol–water partition coefficient (Wildman–Crippen LogP) is 5.30. The number of benzene rings is 2. The Bertz CT molecular complexity index is 1080. The molecular weight excluding hydrogens is 364 g/mol. The van der Waals surface area contributed by atoms with Crippen molar-refractivity contribution in [2.45, 2.75) is 6.54 Å². The Morgan fingerprint density at radius 1 is 1.23 bits per heavy atom. The molecule has 0 aliphatic carbocycles. The Morgan fingerprint density at radius 2 is 2.04 bits per heavy atom. The maximum Gasteiger partial charge on any atom is 0.210 e. The van der Waals surface area contributed by atoms with Crippen LogP contribution in [-0.2, 0) is 6.54 Å². The lowest BCUT2D eigenvalue weighted by molar-refractivity contribution is 0.415. The van der Waals surface area contributed by atoms with Crippen molar-refractivity contribution in [3.05, 3.63) is 68.5 Å². The van der Waals surface area contributed by atoms with Gasteiger partial charge in [0.1, 0.15) is 5.75 Å². The van der Waals surface area contributed by atoms with Gasteiger partial charge in [0.05, 0.1) is 24.2 Å². The molecule has 0 saturated heterocycles. The van der Waals surface area contributed by atoms with Crippen molar-refractivity contribution < 1.29 is 9.84 Å². The van der Waals surface area contributed by atoms with Crippen molar-refractivity contribution in [1.29, 1.82) is 0 Å². The molecule has 0 saturated carbocycles. The summed E-state index contributed by atoms with van der Waals surface area (Å²) in [6, 6.07) is 15.7. The molecule has 4 rings (SSSR count). The number of aromatic hydroxyl groups is 1. The molecule has 1 aliphatic rings. The molecule has 0 radical (unpaired) electrons. The number of thiazole rings is 1. The largest absolute Gasteiger partial charge is 0.497 e. The van der Waals surface area contributed by atoms with Crippen LogP contribution in [0.25, 0.3) is 11.6 Å². The van der Waals surface area contributed by atoms with Gasteiger partial charge in [-0.3, -0.25) is 9.56 Å². The van der Waals surface area contributed by atoms with E-state index in [9.17, 15) is 5.11 Å². The second-order valence-corrected chi connectivity index (χ2v) is 7.54. The number of allylic oxidation sites excluding steroid dienone is 1. The van der Waals surface area contributed by atoms with Crippen LogP contribution >= 0.6 is 23.6 Å². The maximum atomic E-state index is 10.7. The maximum absolute atomic E-state index is 10.7. The van der Waals surface area contributed by atoms with Gasteiger partial charge in [0.2, 0.25) is 5.88 Å². The number of ether oxygens (including phenoxy) is 1. The van der Waals surface area contributed by atoms with E-state index in [0.717, 1.165) is 33.0 Å². The van der Waals surface area contributed by atoms with E-state index in [1.165, 1.54) is 11.3 Å². The van der Waals surface area contributed by atoms with Gasteiger partial charge >= 0.3 is 0 Å². The fourth-order valence-corrected chi connectivity index (χ4v) is 4.12. The average Bonchev–Trinajstić information content (AvgIpc) is 3.18. The molecule has 0 amide bonds. The molecule has 0 bridgehead atoms. The molecule has 2 heterocycles. The Morgan fingerprint density at radius 3 is 2.81 bits per heavy atom. The number of hydrogen-bond acceptors (Lipinski definition) is 5. The first-order valence-electron chi connectivity index (χ1n) is 8.06. The van der Waals surface area contributed by atoms with Gasteiger partial charge in [0.25, 0.3) is 0 Å². The van der Waals surface area contributed by atoms with Crippen LogP contribution < -0.4 is 4.74 Å². The van der Waals surface area contributed by atoms with Gasteiger partial charge in [-0.2, -0.15) is 0 Å². The second-order valence-electron chi connectivity index (χ2n) is 5.87. The molecule has 1 N–H and O–H groups in total. The number of fused-ring (bicyclic) bond motifs is 1. The van der Waals surface area contributed by atoms with E-state index in [0.29, 0.717) is 10.5 Å². The Labute approximate surface area is 160 Å². The van der Waals surface area contributed by atoms with Crippen molar-refractivity contribution in [3.63, 3.8) is 0 Å². The van der Waals surface area contributed by atoms with Crippen molar-refractivity contribution >= 4 is 47.1 Å². The third-order valence-corrected chi connectivity index (χ3v) is 5.61. The molecule has 6 heteroatoms. The van der Waals surface area contributed by atoms with Gasteiger partial charge in [-0.25, -0.2) is 0 Å². The molecule has 0 unspecified atom stereocenters. The summed E-state index contributed by atoms with van der Waals surface area (Å²) in [4.78, 5) is 5.15. The number of aromatic nitrogens is 1. The summed E-state index contributed by atoms with van der Waals surface area (Å²) in [5, 5.41) is 10.7. The van der Waals surface area contributed by atoms with Gasteiger partial charge in [0.15, 0.2) is 3.95 Å². The summed E-state index contributed by atoms with van der Waals surface area (Å²) in [5.41, 5.74) is 3.90. The third kappa shape index (κ3) is 3.09. The minimum absolute atomic E-state index is 0.182. The van der Waals surface area contributed by atoms with Crippen molar-refractivity contribution in [2.75, 3.05) is 7.11 Å².